The Balaban J connectivity index is 2.11. The number of benzene rings is 1. The van der Waals surface area contributed by atoms with E-state index in [1.165, 1.54) is 16.7 Å². The predicted octanol–water partition coefficient (Wildman–Crippen LogP) is 2.18. The molecule has 1 aromatic rings. The minimum Gasteiger partial charge on any atom is -0.550 e. The molecule has 0 aliphatic carbocycles. The minimum atomic E-state index is -1.12. The van der Waals surface area contributed by atoms with Crippen molar-refractivity contribution < 1.29 is 14.7 Å². The van der Waals surface area contributed by atoms with Gasteiger partial charge in [-0.3, -0.25) is 9.69 Å². The first-order chi connectivity index (χ1) is 9.99. The molecular weight excluding hydrogens is 374 g/mol. The number of carbonyl (C=O) groups excluding carboxylic acids is 2. The molecule has 0 N–H and O–H groups in total. The second kappa shape index (κ2) is 7.20. The number of nitrogens with zero attached hydrogens (tertiary/aromatic N) is 1. The van der Waals surface area contributed by atoms with Crippen molar-refractivity contribution in [1.29, 1.82) is 0 Å². The van der Waals surface area contributed by atoms with Gasteiger partial charge in [-0.15, -0.1) is 0 Å². The van der Waals surface area contributed by atoms with E-state index in [2.05, 4.69) is 15.9 Å². The van der Waals surface area contributed by atoms with Crippen molar-refractivity contribution in [3.8, 4) is 0 Å². The molecule has 0 saturated carbocycles. The Bertz CT molecular complexity index is 630. The summed E-state index contributed by atoms with van der Waals surface area (Å²) in [6.07, 6.45) is 2.03. The van der Waals surface area contributed by atoms with E-state index < -0.39 is 5.97 Å². The van der Waals surface area contributed by atoms with Crippen LogP contribution in [0.25, 0.3) is 6.08 Å². The molecule has 1 amide bonds. The Morgan fingerprint density at radius 1 is 1.43 bits per heavy atom. The lowest BCUT2D eigenvalue weighted by Crippen LogP contribution is -2.30. The van der Waals surface area contributed by atoms with Crippen molar-refractivity contribution >= 4 is 62.2 Å². The SMILES string of the molecule is O=C([O-])CCCN1C(=O)/C(=C\c2ccccc2Br)SC1=S. The van der Waals surface area contributed by atoms with E-state index >= 15 is 0 Å². The zero-order chi connectivity index (χ0) is 15.4. The van der Waals surface area contributed by atoms with Crippen LogP contribution in [0.15, 0.2) is 33.6 Å². The largest absolute Gasteiger partial charge is 0.550 e. The zero-order valence-electron chi connectivity index (χ0n) is 10.9. The van der Waals surface area contributed by atoms with Gasteiger partial charge >= 0.3 is 0 Å². The highest BCUT2D eigenvalue weighted by Gasteiger charge is 2.31. The molecule has 21 heavy (non-hydrogen) atoms. The molecule has 0 aromatic heterocycles. The highest BCUT2D eigenvalue weighted by Crippen LogP contribution is 2.33. The molecule has 4 nitrogen and oxygen atoms in total. The molecular formula is C14H11BrNO3S2-. The Kier molecular flexibility index (Phi) is 5.55. The standard InChI is InChI=1S/C14H12BrNO3S2/c15-10-5-2-1-4-9(10)8-11-13(19)16(14(20)21-11)7-3-6-12(17)18/h1-2,4-5,8H,3,6-7H2,(H,17,18)/p-1/b11-8+. The van der Waals surface area contributed by atoms with Crippen molar-refractivity contribution in [2.24, 2.45) is 0 Å². The molecule has 1 aliphatic rings. The Morgan fingerprint density at radius 2 is 2.14 bits per heavy atom. The Morgan fingerprint density at radius 3 is 2.81 bits per heavy atom. The van der Waals surface area contributed by atoms with Crippen LogP contribution in [-0.2, 0) is 9.59 Å². The van der Waals surface area contributed by atoms with Crippen LogP contribution in [0.1, 0.15) is 18.4 Å². The lowest BCUT2D eigenvalue weighted by molar-refractivity contribution is -0.305. The van der Waals surface area contributed by atoms with Crippen LogP contribution in [0.5, 0.6) is 0 Å². The summed E-state index contributed by atoms with van der Waals surface area (Å²) < 4.78 is 1.35. The smallest absolute Gasteiger partial charge is 0.266 e. The number of rotatable bonds is 5. The highest BCUT2D eigenvalue weighted by atomic mass is 79.9. The second-order valence-corrected chi connectivity index (χ2v) is 6.86. The molecule has 1 aliphatic heterocycles. The van der Waals surface area contributed by atoms with Crippen LogP contribution in [0.3, 0.4) is 0 Å². The third kappa shape index (κ3) is 4.15. The molecule has 0 bridgehead atoms. The number of amides is 1. The van der Waals surface area contributed by atoms with Gasteiger partial charge in [0.1, 0.15) is 4.32 Å². The van der Waals surface area contributed by atoms with Crippen LogP contribution in [0.4, 0.5) is 0 Å². The second-order valence-electron chi connectivity index (χ2n) is 4.33. The quantitative estimate of drug-likeness (QED) is 0.575. The molecule has 1 fully saturated rings. The van der Waals surface area contributed by atoms with E-state index in [0.29, 0.717) is 22.2 Å². The first kappa shape index (κ1) is 16.2. The van der Waals surface area contributed by atoms with E-state index in [-0.39, 0.29) is 12.3 Å². The number of aliphatic carboxylic acids is 1. The molecule has 110 valence electrons. The summed E-state index contributed by atoms with van der Waals surface area (Å²) in [5, 5.41) is 10.4. The van der Waals surface area contributed by atoms with Crippen molar-refractivity contribution in [3.05, 3.63) is 39.2 Å². The maximum Gasteiger partial charge on any atom is 0.266 e. The van der Waals surface area contributed by atoms with Gasteiger partial charge in [0.15, 0.2) is 0 Å². The fraction of sp³-hybridized carbons (Fsp3) is 0.214. The van der Waals surface area contributed by atoms with Crippen LogP contribution in [0.2, 0.25) is 0 Å². The first-order valence-electron chi connectivity index (χ1n) is 6.19. The van der Waals surface area contributed by atoms with Gasteiger partial charge < -0.3 is 9.90 Å². The van der Waals surface area contributed by atoms with Gasteiger partial charge in [0.2, 0.25) is 0 Å². The Hall–Kier alpha value is -1.18. The van der Waals surface area contributed by atoms with E-state index in [0.717, 1.165) is 10.0 Å². The Labute approximate surface area is 140 Å². The summed E-state index contributed by atoms with van der Waals surface area (Å²) in [5.74, 6) is -1.30. The van der Waals surface area contributed by atoms with Gasteiger partial charge in [0, 0.05) is 17.0 Å². The number of halogens is 1. The molecule has 0 spiro atoms. The first-order valence-corrected chi connectivity index (χ1v) is 8.20. The molecule has 0 radical (unpaired) electrons. The summed E-state index contributed by atoms with van der Waals surface area (Å²) >= 11 is 9.83. The summed E-state index contributed by atoms with van der Waals surface area (Å²) in [4.78, 5) is 24.7. The van der Waals surface area contributed by atoms with E-state index in [1.54, 1.807) is 6.08 Å². The molecule has 1 saturated heterocycles. The predicted molar refractivity (Wildman–Crippen MR) is 88.3 cm³/mol. The summed E-state index contributed by atoms with van der Waals surface area (Å²) in [7, 11) is 0. The average molecular weight is 385 g/mol. The van der Waals surface area contributed by atoms with Crippen molar-refractivity contribution in [3.63, 3.8) is 0 Å². The van der Waals surface area contributed by atoms with Gasteiger partial charge in [0.05, 0.1) is 4.91 Å². The van der Waals surface area contributed by atoms with E-state index in [9.17, 15) is 14.7 Å². The summed E-state index contributed by atoms with van der Waals surface area (Å²) in [6.45, 7) is 0.298. The van der Waals surface area contributed by atoms with Gasteiger partial charge in [-0.05, 0) is 30.5 Å². The molecule has 1 heterocycles. The van der Waals surface area contributed by atoms with Gasteiger partial charge in [0.25, 0.3) is 5.91 Å². The van der Waals surface area contributed by atoms with Crippen LogP contribution >= 0.6 is 39.9 Å². The van der Waals surface area contributed by atoms with Crippen molar-refractivity contribution in [1.82, 2.24) is 4.90 Å². The molecule has 0 unspecified atom stereocenters. The van der Waals surface area contributed by atoms with E-state index in [4.69, 9.17) is 12.2 Å². The third-order valence-corrected chi connectivity index (χ3v) is 4.93. The lowest BCUT2D eigenvalue weighted by Gasteiger charge is -2.14. The monoisotopic (exact) mass is 384 g/mol. The van der Waals surface area contributed by atoms with Crippen LogP contribution < -0.4 is 5.11 Å². The number of thiocarbonyl (C=S) groups is 1. The highest BCUT2D eigenvalue weighted by molar-refractivity contribution is 9.10. The number of carboxylic acids is 1. The summed E-state index contributed by atoms with van der Waals surface area (Å²) in [6, 6.07) is 7.57. The van der Waals surface area contributed by atoms with E-state index in [1.807, 2.05) is 24.3 Å². The van der Waals surface area contributed by atoms with Gasteiger partial charge in [-0.1, -0.05) is 58.1 Å². The maximum atomic E-state index is 12.3. The molecule has 1 aromatic carbocycles. The van der Waals surface area contributed by atoms with Gasteiger partial charge in [-0.25, -0.2) is 0 Å². The van der Waals surface area contributed by atoms with Gasteiger partial charge in [-0.2, -0.15) is 0 Å². The molecule has 7 heteroatoms. The maximum absolute atomic E-state index is 12.3. The lowest BCUT2D eigenvalue weighted by atomic mass is 10.2. The fourth-order valence-electron chi connectivity index (χ4n) is 1.81. The van der Waals surface area contributed by atoms with Crippen molar-refractivity contribution in [2.45, 2.75) is 12.8 Å². The zero-order valence-corrected chi connectivity index (χ0v) is 14.1. The third-order valence-electron chi connectivity index (χ3n) is 2.83. The molecule has 0 atom stereocenters. The van der Waals surface area contributed by atoms with Crippen LogP contribution in [-0.4, -0.2) is 27.6 Å². The minimum absolute atomic E-state index is 0.0830. The average Bonchev–Trinajstić information content (AvgIpc) is 2.68. The number of hydrogen-bond donors (Lipinski definition) is 0. The summed E-state index contributed by atoms with van der Waals surface area (Å²) in [5.41, 5.74) is 0.896. The molecule has 2 rings (SSSR count). The number of thioether (sulfide) groups is 1. The number of carbonyl (C=O) groups is 2. The van der Waals surface area contributed by atoms with Crippen molar-refractivity contribution in [2.75, 3.05) is 6.54 Å². The van der Waals surface area contributed by atoms with Crippen LogP contribution in [0, 0.1) is 0 Å². The topological polar surface area (TPSA) is 60.4 Å². The fourth-order valence-corrected chi connectivity index (χ4v) is 3.51. The normalized spacial score (nSPS) is 16.8. The number of hydrogen-bond acceptors (Lipinski definition) is 5. The number of carboxylic acid groups (broad SMARTS) is 1.